The minimum Gasteiger partial charge on any atom is -0.476 e. The summed E-state index contributed by atoms with van der Waals surface area (Å²) in [6.45, 7) is 13.0. The third kappa shape index (κ3) is 6.39. The molecule has 0 bridgehead atoms. The molecule has 0 amide bonds. The molecule has 0 spiro atoms. The van der Waals surface area contributed by atoms with Crippen LogP contribution in [0.2, 0.25) is 0 Å². The summed E-state index contributed by atoms with van der Waals surface area (Å²) in [6.07, 6.45) is 1.20. The highest BCUT2D eigenvalue weighted by atomic mass is 16.5. The lowest BCUT2D eigenvalue weighted by atomic mass is 9.87. The molecular weight excluding hydrogens is 370 g/mol. The Morgan fingerprint density at radius 3 is 2.45 bits per heavy atom. The molecule has 0 aliphatic carbocycles. The first-order valence-corrected chi connectivity index (χ1v) is 10.1. The Morgan fingerprint density at radius 2 is 1.86 bits per heavy atom. The molecule has 7 nitrogen and oxygen atoms in total. The van der Waals surface area contributed by atoms with Crippen molar-refractivity contribution < 1.29 is 19.1 Å². The van der Waals surface area contributed by atoms with Gasteiger partial charge in [0.1, 0.15) is 6.26 Å². The highest BCUT2D eigenvalue weighted by Crippen LogP contribution is 2.22. The van der Waals surface area contributed by atoms with Crippen molar-refractivity contribution in [2.75, 3.05) is 39.4 Å². The van der Waals surface area contributed by atoms with E-state index >= 15 is 0 Å². The summed E-state index contributed by atoms with van der Waals surface area (Å²) in [6, 6.07) is 8.70. The Hall–Kier alpha value is -2.22. The predicted molar refractivity (Wildman–Crippen MR) is 110 cm³/mol. The summed E-state index contributed by atoms with van der Waals surface area (Å²) < 4.78 is 10.8. The lowest BCUT2D eigenvalue weighted by molar-refractivity contribution is 0.0320. The van der Waals surface area contributed by atoms with E-state index in [1.165, 1.54) is 17.4 Å². The minimum absolute atomic E-state index is 0.0531. The fraction of sp³-hybridized carbons (Fsp3) is 0.545. The normalized spacial score (nSPS) is 15.7. The van der Waals surface area contributed by atoms with Gasteiger partial charge in [-0.1, -0.05) is 45.0 Å². The van der Waals surface area contributed by atoms with Crippen molar-refractivity contribution in [2.24, 2.45) is 0 Å². The topological polar surface area (TPSA) is 79.0 Å². The number of carboxylic acids is 1. The van der Waals surface area contributed by atoms with E-state index in [0.717, 1.165) is 45.9 Å². The number of carboxylic acid groups (broad SMARTS) is 1. The zero-order valence-corrected chi connectivity index (χ0v) is 17.6. The maximum atomic E-state index is 11.1. The summed E-state index contributed by atoms with van der Waals surface area (Å²) >= 11 is 0. The third-order valence-corrected chi connectivity index (χ3v) is 5.19. The summed E-state index contributed by atoms with van der Waals surface area (Å²) in [4.78, 5) is 19.8. The smallest absolute Gasteiger partial charge is 0.357 e. The van der Waals surface area contributed by atoms with Crippen LogP contribution >= 0.6 is 0 Å². The number of hydrogen-bond acceptors (Lipinski definition) is 6. The van der Waals surface area contributed by atoms with E-state index in [4.69, 9.17) is 14.3 Å². The number of aromatic nitrogens is 1. The largest absolute Gasteiger partial charge is 0.476 e. The fourth-order valence-electron chi connectivity index (χ4n) is 3.36. The van der Waals surface area contributed by atoms with Crippen molar-refractivity contribution in [1.82, 2.24) is 14.8 Å². The molecule has 1 aromatic carbocycles. The van der Waals surface area contributed by atoms with Gasteiger partial charge in [0.25, 0.3) is 0 Å². The SMILES string of the molecule is CC(C)(C)c1ccc(CN(CCN2CCOCC2)Cc2nc(C(=O)O)co2)cc1. The van der Waals surface area contributed by atoms with Crippen LogP contribution in [0.25, 0.3) is 0 Å². The molecule has 2 aromatic rings. The summed E-state index contributed by atoms with van der Waals surface area (Å²) in [5.74, 6) is -0.645. The van der Waals surface area contributed by atoms with Gasteiger partial charge in [0, 0.05) is 32.7 Å². The number of hydrogen-bond donors (Lipinski definition) is 1. The van der Waals surface area contributed by atoms with Crippen molar-refractivity contribution in [1.29, 1.82) is 0 Å². The van der Waals surface area contributed by atoms with Crippen LogP contribution in [0.1, 0.15) is 48.3 Å². The van der Waals surface area contributed by atoms with Crippen LogP contribution in [0, 0.1) is 0 Å². The maximum absolute atomic E-state index is 11.1. The minimum atomic E-state index is -1.07. The lowest BCUT2D eigenvalue weighted by Crippen LogP contribution is -2.41. The summed E-state index contributed by atoms with van der Waals surface area (Å²) in [5.41, 5.74) is 2.59. The van der Waals surface area contributed by atoms with E-state index in [9.17, 15) is 4.79 Å². The number of nitrogens with zero attached hydrogens (tertiary/aromatic N) is 3. The monoisotopic (exact) mass is 401 g/mol. The molecule has 29 heavy (non-hydrogen) atoms. The van der Waals surface area contributed by atoms with Crippen molar-refractivity contribution in [3.05, 3.63) is 53.2 Å². The quantitative estimate of drug-likeness (QED) is 0.728. The van der Waals surface area contributed by atoms with Gasteiger partial charge in [-0.25, -0.2) is 9.78 Å². The van der Waals surface area contributed by atoms with Crippen LogP contribution in [0.3, 0.4) is 0 Å². The van der Waals surface area contributed by atoms with Gasteiger partial charge in [-0.05, 0) is 16.5 Å². The van der Waals surface area contributed by atoms with Gasteiger partial charge in [-0.3, -0.25) is 9.80 Å². The van der Waals surface area contributed by atoms with E-state index < -0.39 is 5.97 Å². The number of benzene rings is 1. The van der Waals surface area contributed by atoms with Gasteiger partial charge in [0.15, 0.2) is 5.69 Å². The van der Waals surface area contributed by atoms with Crippen molar-refractivity contribution in [3.63, 3.8) is 0 Å². The summed E-state index contributed by atoms with van der Waals surface area (Å²) in [5, 5.41) is 9.08. The zero-order valence-electron chi connectivity index (χ0n) is 17.6. The Bertz CT molecular complexity index is 789. The molecule has 7 heteroatoms. The van der Waals surface area contributed by atoms with Gasteiger partial charge in [0.05, 0.1) is 19.8 Å². The zero-order chi connectivity index (χ0) is 20.9. The van der Waals surface area contributed by atoms with Crippen LogP contribution in [0.15, 0.2) is 34.9 Å². The van der Waals surface area contributed by atoms with E-state index in [1.807, 2.05) is 0 Å². The first-order chi connectivity index (χ1) is 13.8. The standard InChI is InChI=1S/C22H31N3O4/c1-22(2,3)18-6-4-17(5-7-18)14-25(9-8-24-10-12-28-13-11-24)15-20-23-19(16-29-20)21(26)27/h4-7,16H,8-15H2,1-3H3,(H,26,27). The van der Waals surface area contributed by atoms with E-state index in [-0.39, 0.29) is 11.1 Å². The second-order valence-electron chi connectivity index (χ2n) is 8.54. The molecule has 1 aliphatic rings. The molecular formula is C22H31N3O4. The molecule has 1 N–H and O–H groups in total. The number of carbonyl (C=O) groups is 1. The van der Waals surface area contributed by atoms with Crippen molar-refractivity contribution in [3.8, 4) is 0 Å². The van der Waals surface area contributed by atoms with Crippen LogP contribution < -0.4 is 0 Å². The Morgan fingerprint density at radius 1 is 1.17 bits per heavy atom. The third-order valence-electron chi connectivity index (χ3n) is 5.19. The molecule has 0 unspecified atom stereocenters. The van der Waals surface area contributed by atoms with Crippen LogP contribution in [0.4, 0.5) is 0 Å². The van der Waals surface area contributed by atoms with E-state index in [2.05, 4.69) is 59.8 Å². The molecule has 0 saturated carbocycles. The number of ether oxygens (including phenoxy) is 1. The number of aromatic carboxylic acids is 1. The first-order valence-electron chi connectivity index (χ1n) is 10.1. The van der Waals surface area contributed by atoms with E-state index in [1.54, 1.807) is 0 Å². The van der Waals surface area contributed by atoms with E-state index in [0.29, 0.717) is 12.4 Å². The average molecular weight is 402 g/mol. The average Bonchev–Trinajstić information content (AvgIpc) is 3.15. The molecule has 0 atom stereocenters. The van der Waals surface area contributed by atoms with Crippen molar-refractivity contribution in [2.45, 2.75) is 39.3 Å². The van der Waals surface area contributed by atoms with Crippen LogP contribution in [-0.4, -0.2) is 65.3 Å². The molecule has 3 rings (SSSR count). The van der Waals surface area contributed by atoms with Crippen LogP contribution in [0.5, 0.6) is 0 Å². The molecule has 1 aliphatic heterocycles. The molecule has 1 fully saturated rings. The predicted octanol–water partition coefficient (Wildman–Crippen LogP) is 3.00. The van der Waals surface area contributed by atoms with Gasteiger partial charge in [-0.2, -0.15) is 0 Å². The summed E-state index contributed by atoms with van der Waals surface area (Å²) in [7, 11) is 0. The highest BCUT2D eigenvalue weighted by Gasteiger charge is 2.18. The lowest BCUT2D eigenvalue weighted by Gasteiger charge is -2.29. The molecule has 2 heterocycles. The number of oxazole rings is 1. The van der Waals surface area contributed by atoms with Gasteiger partial charge in [-0.15, -0.1) is 0 Å². The second kappa shape index (κ2) is 9.52. The highest BCUT2D eigenvalue weighted by molar-refractivity contribution is 5.84. The molecule has 1 aromatic heterocycles. The van der Waals surface area contributed by atoms with Crippen LogP contribution in [-0.2, 0) is 23.2 Å². The Kier molecular flexibility index (Phi) is 7.05. The van der Waals surface area contributed by atoms with Gasteiger partial charge in [0.2, 0.25) is 5.89 Å². The number of rotatable bonds is 8. The molecule has 1 saturated heterocycles. The number of morpholine rings is 1. The van der Waals surface area contributed by atoms with Gasteiger partial charge < -0.3 is 14.3 Å². The van der Waals surface area contributed by atoms with Crippen molar-refractivity contribution >= 4 is 5.97 Å². The van der Waals surface area contributed by atoms with Gasteiger partial charge >= 0.3 is 5.97 Å². The maximum Gasteiger partial charge on any atom is 0.357 e. The molecule has 158 valence electrons. The second-order valence-corrected chi connectivity index (χ2v) is 8.54. The Balaban J connectivity index is 1.67. The molecule has 0 radical (unpaired) electrons. The fourth-order valence-corrected chi connectivity index (χ4v) is 3.36. The Labute approximate surface area is 172 Å². The first kappa shape index (κ1) is 21.5.